The highest BCUT2D eigenvalue weighted by Crippen LogP contribution is 2.40. The molecule has 0 aliphatic carbocycles. The SMILES string of the molecule is CCN(CC)C(=O)[C@@H](C)Oc1nc(N)nc(-c2ccccc2)c1-c1cc(C)nc(C(F)(F)F)c1. The molecule has 3 rings (SSSR count). The van der Waals surface area contributed by atoms with Crippen molar-refractivity contribution < 1.29 is 22.7 Å². The van der Waals surface area contributed by atoms with E-state index in [9.17, 15) is 18.0 Å². The van der Waals surface area contributed by atoms with Gasteiger partial charge in [0.1, 0.15) is 5.69 Å². The number of carbonyl (C=O) groups excluding carboxylic acids is 1. The Kier molecular flexibility index (Phi) is 7.38. The van der Waals surface area contributed by atoms with Crippen LogP contribution in [0.5, 0.6) is 5.88 Å². The van der Waals surface area contributed by atoms with Crippen LogP contribution in [0.3, 0.4) is 0 Å². The van der Waals surface area contributed by atoms with Gasteiger partial charge in [0, 0.05) is 24.3 Å². The maximum absolute atomic E-state index is 13.5. The zero-order chi connectivity index (χ0) is 25.0. The molecule has 1 atom stereocenters. The fourth-order valence-electron chi connectivity index (χ4n) is 3.58. The van der Waals surface area contributed by atoms with Gasteiger partial charge in [-0.3, -0.25) is 4.79 Å². The molecule has 0 spiro atoms. The van der Waals surface area contributed by atoms with Gasteiger partial charge in [-0.05, 0) is 45.4 Å². The van der Waals surface area contributed by atoms with Gasteiger partial charge in [0.05, 0.1) is 11.3 Å². The Balaban J connectivity index is 2.24. The number of anilines is 1. The number of nitrogens with two attached hydrogens (primary N) is 1. The fourth-order valence-corrected chi connectivity index (χ4v) is 3.58. The van der Waals surface area contributed by atoms with E-state index in [1.807, 2.05) is 13.8 Å². The molecule has 0 saturated heterocycles. The summed E-state index contributed by atoms with van der Waals surface area (Å²) in [5.74, 6) is -0.503. The van der Waals surface area contributed by atoms with Gasteiger partial charge in [-0.1, -0.05) is 30.3 Å². The molecule has 0 unspecified atom stereocenters. The van der Waals surface area contributed by atoms with Crippen molar-refractivity contribution in [1.82, 2.24) is 19.9 Å². The highest BCUT2D eigenvalue weighted by molar-refractivity contribution is 5.86. The minimum Gasteiger partial charge on any atom is -0.464 e. The number of benzene rings is 1. The van der Waals surface area contributed by atoms with Crippen LogP contribution in [0, 0.1) is 6.92 Å². The first-order valence-electron chi connectivity index (χ1n) is 10.8. The number of rotatable bonds is 7. The third-order valence-electron chi connectivity index (χ3n) is 5.18. The van der Waals surface area contributed by atoms with E-state index in [2.05, 4.69) is 15.0 Å². The summed E-state index contributed by atoms with van der Waals surface area (Å²) >= 11 is 0. The molecular formula is C24H26F3N5O2. The summed E-state index contributed by atoms with van der Waals surface area (Å²) in [5, 5.41) is 0. The Bertz CT molecular complexity index is 1170. The van der Waals surface area contributed by atoms with E-state index < -0.39 is 18.0 Å². The number of pyridine rings is 1. The zero-order valence-corrected chi connectivity index (χ0v) is 19.3. The van der Waals surface area contributed by atoms with Crippen molar-refractivity contribution in [2.45, 2.75) is 40.0 Å². The molecule has 34 heavy (non-hydrogen) atoms. The number of aromatic nitrogens is 3. The summed E-state index contributed by atoms with van der Waals surface area (Å²) in [6.07, 6.45) is -5.61. The number of likely N-dealkylation sites (N-methyl/N-ethyl adjacent to an activating group) is 1. The van der Waals surface area contributed by atoms with E-state index in [4.69, 9.17) is 10.5 Å². The number of ether oxygens (including phenoxy) is 1. The summed E-state index contributed by atoms with van der Waals surface area (Å²) in [6.45, 7) is 7.67. The lowest BCUT2D eigenvalue weighted by Crippen LogP contribution is -2.40. The predicted molar refractivity (Wildman–Crippen MR) is 123 cm³/mol. The normalized spacial score (nSPS) is 12.3. The number of hydrogen-bond donors (Lipinski definition) is 1. The number of nitrogen functional groups attached to an aromatic ring is 1. The second-order valence-corrected chi connectivity index (χ2v) is 7.63. The van der Waals surface area contributed by atoms with Crippen LogP contribution < -0.4 is 10.5 Å². The average molecular weight is 473 g/mol. The van der Waals surface area contributed by atoms with Crippen LogP contribution in [0.1, 0.15) is 32.2 Å². The number of aryl methyl sites for hydroxylation is 1. The lowest BCUT2D eigenvalue weighted by atomic mass is 9.99. The monoisotopic (exact) mass is 473 g/mol. The maximum Gasteiger partial charge on any atom is 0.433 e. The Morgan fingerprint density at radius 1 is 1.06 bits per heavy atom. The van der Waals surface area contributed by atoms with Gasteiger partial charge < -0.3 is 15.4 Å². The quantitative estimate of drug-likeness (QED) is 0.532. The first-order valence-corrected chi connectivity index (χ1v) is 10.8. The third kappa shape index (κ3) is 5.44. The third-order valence-corrected chi connectivity index (χ3v) is 5.18. The lowest BCUT2D eigenvalue weighted by Gasteiger charge is -2.24. The summed E-state index contributed by atoms with van der Waals surface area (Å²) in [5.41, 5.74) is 6.26. The molecule has 2 N–H and O–H groups in total. The Hall–Kier alpha value is -3.69. The number of amides is 1. The van der Waals surface area contributed by atoms with Gasteiger partial charge in [0.25, 0.3) is 5.91 Å². The molecule has 7 nitrogen and oxygen atoms in total. The summed E-state index contributed by atoms with van der Waals surface area (Å²) in [6, 6.07) is 11.2. The fraction of sp³-hybridized carbons (Fsp3) is 0.333. The van der Waals surface area contributed by atoms with Crippen molar-refractivity contribution in [3.8, 4) is 28.3 Å². The van der Waals surface area contributed by atoms with Crippen LogP contribution in [0.25, 0.3) is 22.4 Å². The van der Waals surface area contributed by atoms with E-state index in [1.165, 1.54) is 13.0 Å². The second-order valence-electron chi connectivity index (χ2n) is 7.63. The Morgan fingerprint density at radius 2 is 1.71 bits per heavy atom. The minimum atomic E-state index is -4.66. The van der Waals surface area contributed by atoms with Crippen molar-refractivity contribution in [1.29, 1.82) is 0 Å². The van der Waals surface area contributed by atoms with E-state index in [0.29, 0.717) is 18.7 Å². The molecule has 0 saturated carbocycles. The minimum absolute atomic E-state index is 0.0851. The first-order chi connectivity index (χ1) is 16.0. The highest BCUT2D eigenvalue weighted by atomic mass is 19.4. The Morgan fingerprint density at radius 3 is 2.29 bits per heavy atom. The van der Waals surface area contributed by atoms with Gasteiger partial charge in [0.15, 0.2) is 6.10 Å². The molecule has 0 fully saturated rings. The lowest BCUT2D eigenvalue weighted by molar-refractivity contribution is -0.141. The summed E-state index contributed by atoms with van der Waals surface area (Å²) in [7, 11) is 0. The highest BCUT2D eigenvalue weighted by Gasteiger charge is 2.34. The first kappa shape index (κ1) is 24.9. The molecule has 2 aromatic heterocycles. The molecule has 180 valence electrons. The van der Waals surface area contributed by atoms with Crippen LogP contribution in [-0.4, -0.2) is 45.0 Å². The molecule has 1 aromatic carbocycles. The van der Waals surface area contributed by atoms with Gasteiger partial charge in [-0.25, -0.2) is 9.97 Å². The van der Waals surface area contributed by atoms with Gasteiger partial charge in [-0.15, -0.1) is 0 Å². The van der Waals surface area contributed by atoms with Crippen molar-refractivity contribution in [2.75, 3.05) is 18.8 Å². The van der Waals surface area contributed by atoms with Crippen molar-refractivity contribution in [2.24, 2.45) is 0 Å². The number of hydrogen-bond acceptors (Lipinski definition) is 6. The van der Waals surface area contributed by atoms with Gasteiger partial charge in [-0.2, -0.15) is 18.2 Å². The largest absolute Gasteiger partial charge is 0.464 e. The summed E-state index contributed by atoms with van der Waals surface area (Å²) in [4.78, 5) is 26.5. The van der Waals surface area contributed by atoms with Crippen LogP contribution in [0.2, 0.25) is 0 Å². The summed E-state index contributed by atoms with van der Waals surface area (Å²) < 4.78 is 46.5. The maximum atomic E-state index is 13.5. The molecule has 3 aromatic rings. The molecule has 10 heteroatoms. The molecular weight excluding hydrogens is 447 g/mol. The number of nitrogens with zero attached hydrogens (tertiary/aromatic N) is 4. The smallest absolute Gasteiger partial charge is 0.433 e. The number of alkyl halides is 3. The van der Waals surface area contributed by atoms with Crippen molar-refractivity contribution in [3.05, 3.63) is 53.9 Å². The predicted octanol–water partition coefficient (Wildman–Crippen LogP) is 4.75. The molecule has 0 radical (unpaired) electrons. The zero-order valence-electron chi connectivity index (χ0n) is 19.3. The van der Waals surface area contributed by atoms with Crippen molar-refractivity contribution in [3.63, 3.8) is 0 Å². The average Bonchev–Trinajstić information content (AvgIpc) is 2.79. The molecule has 1 amide bonds. The Labute approximate surface area is 195 Å². The van der Waals surface area contributed by atoms with Crippen LogP contribution >= 0.6 is 0 Å². The van der Waals surface area contributed by atoms with E-state index in [0.717, 1.165) is 6.07 Å². The molecule has 2 heterocycles. The number of carbonyl (C=O) groups is 1. The molecule has 0 aliphatic heterocycles. The molecule has 0 bridgehead atoms. The number of halogens is 3. The van der Waals surface area contributed by atoms with E-state index in [1.54, 1.807) is 42.2 Å². The van der Waals surface area contributed by atoms with Crippen LogP contribution in [0.4, 0.5) is 19.1 Å². The van der Waals surface area contributed by atoms with Gasteiger partial charge in [0.2, 0.25) is 11.8 Å². The molecule has 0 aliphatic rings. The van der Waals surface area contributed by atoms with E-state index >= 15 is 0 Å². The van der Waals surface area contributed by atoms with Crippen molar-refractivity contribution >= 4 is 11.9 Å². The second kappa shape index (κ2) is 10.1. The van der Waals surface area contributed by atoms with Crippen LogP contribution in [0.15, 0.2) is 42.5 Å². The van der Waals surface area contributed by atoms with Gasteiger partial charge >= 0.3 is 6.18 Å². The van der Waals surface area contributed by atoms with E-state index in [-0.39, 0.29) is 40.3 Å². The van der Waals surface area contributed by atoms with Crippen LogP contribution in [-0.2, 0) is 11.0 Å². The topological polar surface area (TPSA) is 94.2 Å². The standard InChI is InChI=1S/C24H26F3N5O2/c1-5-32(6-2)22(33)15(4)34-21-19(17-12-14(3)29-18(13-17)24(25,26)27)20(30-23(28)31-21)16-10-8-7-9-11-16/h7-13,15H,5-6H2,1-4H3,(H2,28,30,31)/t15-/m1/s1.